The Morgan fingerprint density at radius 2 is 1.89 bits per heavy atom. The summed E-state index contributed by atoms with van der Waals surface area (Å²) in [5, 5.41) is 11.5. The number of hydrogen-bond acceptors (Lipinski definition) is 3. The average molecular weight is 244 g/mol. The van der Waals surface area contributed by atoms with E-state index in [0.29, 0.717) is 16.7 Å². The lowest BCUT2D eigenvalue weighted by molar-refractivity contribution is 0.101. The van der Waals surface area contributed by atoms with Gasteiger partial charge in [0.15, 0.2) is 5.78 Å². The van der Waals surface area contributed by atoms with Gasteiger partial charge in [0.05, 0.1) is 18.1 Å². The van der Waals surface area contributed by atoms with Gasteiger partial charge in [0, 0.05) is 0 Å². The molecule has 0 aliphatic carbocycles. The number of phenolic OH excluding ortho intramolecular Hbond substituents is 1. The third-order valence-electron chi connectivity index (χ3n) is 3.07. The summed E-state index contributed by atoms with van der Waals surface area (Å²) in [6.07, 6.45) is 0. The molecular weight excluding hydrogens is 228 g/mol. The first kappa shape index (κ1) is 12.4. The Morgan fingerprint density at radius 3 is 2.44 bits per heavy atom. The highest BCUT2D eigenvalue weighted by Crippen LogP contribution is 2.38. The topological polar surface area (TPSA) is 46.5 Å². The van der Waals surface area contributed by atoms with E-state index in [1.807, 2.05) is 26.0 Å². The van der Waals surface area contributed by atoms with Crippen LogP contribution in [-0.2, 0) is 0 Å². The van der Waals surface area contributed by atoms with Gasteiger partial charge < -0.3 is 9.84 Å². The van der Waals surface area contributed by atoms with E-state index in [1.54, 1.807) is 6.07 Å². The molecule has 18 heavy (non-hydrogen) atoms. The van der Waals surface area contributed by atoms with E-state index in [-0.39, 0.29) is 11.5 Å². The van der Waals surface area contributed by atoms with Crippen molar-refractivity contribution in [2.24, 2.45) is 0 Å². The van der Waals surface area contributed by atoms with Gasteiger partial charge >= 0.3 is 0 Å². The second-order valence-corrected chi connectivity index (χ2v) is 4.54. The van der Waals surface area contributed by atoms with E-state index in [9.17, 15) is 9.90 Å². The zero-order chi connectivity index (χ0) is 13.4. The standard InChI is InChI=1S/C15H16O3/c1-8-5-11-7-9(2)13(10(3)16)15(18-4)14(11)12(17)6-8/h5-7,17H,1-4H3. The van der Waals surface area contributed by atoms with E-state index in [1.165, 1.54) is 14.0 Å². The van der Waals surface area contributed by atoms with Crippen LogP contribution in [-0.4, -0.2) is 18.0 Å². The SMILES string of the molecule is COc1c(C(C)=O)c(C)cc2cc(C)cc(O)c12. The lowest BCUT2D eigenvalue weighted by Crippen LogP contribution is -2.02. The molecule has 2 aromatic rings. The molecule has 0 aliphatic rings. The molecule has 0 amide bonds. The first-order valence-electron chi connectivity index (χ1n) is 5.77. The quantitative estimate of drug-likeness (QED) is 0.824. The fraction of sp³-hybridized carbons (Fsp3) is 0.267. The van der Waals surface area contributed by atoms with Gasteiger partial charge in [0.2, 0.25) is 0 Å². The molecular formula is C15H16O3. The minimum absolute atomic E-state index is 0.0637. The fourth-order valence-corrected chi connectivity index (χ4v) is 2.41. The summed E-state index contributed by atoms with van der Waals surface area (Å²) in [6, 6.07) is 5.54. The van der Waals surface area contributed by atoms with E-state index >= 15 is 0 Å². The van der Waals surface area contributed by atoms with Crippen LogP contribution in [0.15, 0.2) is 18.2 Å². The molecule has 1 N–H and O–H groups in total. The molecule has 2 rings (SSSR count). The van der Waals surface area contributed by atoms with Crippen molar-refractivity contribution >= 4 is 16.6 Å². The first-order chi connectivity index (χ1) is 8.45. The minimum Gasteiger partial charge on any atom is -0.507 e. The Bertz CT molecular complexity index is 642. The molecule has 3 nitrogen and oxygen atoms in total. The molecule has 0 saturated carbocycles. The second-order valence-electron chi connectivity index (χ2n) is 4.54. The number of carbonyl (C=O) groups excluding carboxylic acids is 1. The number of carbonyl (C=O) groups is 1. The summed E-state index contributed by atoms with van der Waals surface area (Å²) in [6.45, 7) is 5.29. The summed E-state index contributed by atoms with van der Waals surface area (Å²) < 4.78 is 5.34. The van der Waals surface area contributed by atoms with Crippen LogP contribution in [0.1, 0.15) is 28.4 Å². The van der Waals surface area contributed by atoms with Crippen molar-refractivity contribution in [2.45, 2.75) is 20.8 Å². The van der Waals surface area contributed by atoms with Gasteiger partial charge in [-0.3, -0.25) is 4.79 Å². The number of aryl methyl sites for hydroxylation is 2. The number of phenols is 1. The smallest absolute Gasteiger partial charge is 0.163 e. The van der Waals surface area contributed by atoms with Crippen molar-refractivity contribution < 1.29 is 14.6 Å². The molecule has 0 saturated heterocycles. The van der Waals surface area contributed by atoms with Gasteiger partial charge in [-0.1, -0.05) is 12.1 Å². The van der Waals surface area contributed by atoms with Crippen LogP contribution in [0.2, 0.25) is 0 Å². The van der Waals surface area contributed by atoms with Crippen molar-refractivity contribution in [3.8, 4) is 11.5 Å². The van der Waals surface area contributed by atoms with Crippen molar-refractivity contribution in [1.82, 2.24) is 0 Å². The predicted molar refractivity (Wildman–Crippen MR) is 71.6 cm³/mol. The van der Waals surface area contributed by atoms with Crippen LogP contribution in [0.4, 0.5) is 0 Å². The Kier molecular flexibility index (Phi) is 2.99. The lowest BCUT2D eigenvalue weighted by atomic mass is 9.96. The molecule has 0 atom stereocenters. The Hall–Kier alpha value is -2.03. The predicted octanol–water partition coefficient (Wildman–Crippen LogP) is 3.37. The minimum atomic E-state index is -0.0637. The molecule has 0 bridgehead atoms. The summed E-state index contributed by atoms with van der Waals surface area (Å²) in [5.74, 6) is 0.533. The number of benzene rings is 2. The number of fused-ring (bicyclic) bond motifs is 1. The Labute approximate surface area is 106 Å². The number of Topliss-reactive ketones (excluding diaryl/α,β-unsaturated/α-hetero) is 1. The molecule has 0 aromatic heterocycles. The number of aromatic hydroxyl groups is 1. The number of ether oxygens (including phenoxy) is 1. The first-order valence-corrected chi connectivity index (χ1v) is 5.77. The third-order valence-corrected chi connectivity index (χ3v) is 3.07. The van der Waals surface area contributed by atoms with Crippen LogP contribution >= 0.6 is 0 Å². The normalized spacial score (nSPS) is 10.7. The molecule has 0 heterocycles. The number of hydrogen-bond donors (Lipinski definition) is 1. The molecule has 3 heteroatoms. The van der Waals surface area contributed by atoms with Crippen molar-refractivity contribution in [3.63, 3.8) is 0 Å². The molecule has 0 fully saturated rings. The maximum Gasteiger partial charge on any atom is 0.163 e. The second kappa shape index (κ2) is 4.33. The van der Waals surface area contributed by atoms with Crippen molar-refractivity contribution in [2.75, 3.05) is 7.11 Å². The van der Waals surface area contributed by atoms with Crippen LogP contribution < -0.4 is 4.74 Å². The van der Waals surface area contributed by atoms with Crippen LogP contribution in [0.3, 0.4) is 0 Å². The Balaban J connectivity index is 2.99. The van der Waals surface area contributed by atoms with Gasteiger partial charge in [-0.05, 0) is 43.4 Å². The highest BCUT2D eigenvalue weighted by Gasteiger charge is 2.18. The lowest BCUT2D eigenvalue weighted by Gasteiger charge is -2.14. The van der Waals surface area contributed by atoms with Gasteiger partial charge in [-0.15, -0.1) is 0 Å². The molecule has 0 spiro atoms. The molecule has 0 radical (unpaired) electrons. The van der Waals surface area contributed by atoms with E-state index in [4.69, 9.17) is 4.74 Å². The van der Waals surface area contributed by atoms with Crippen LogP contribution in [0.5, 0.6) is 11.5 Å². The Morgan fingerprint density at radius 1 is 1.22 bits per heavy atom. The highest BCUT2D eigenvalue weighted by molar-refractivity contribution is 6.07. The fourth-order valence-electron chi connectivity index (χ4n) is 2.41. The largest absolute Gasteiger partial charge is 0.507 e. The monoisotopic (exact) mass is 244 g/mol. The van der Waals surface area contributed by atoms with E-state index < -0.39 is 0 Å². The van der Waals surface area contributed by atoms with E-state index in [2.05, 4.69) is 0 Å². The maximum absolute atomic E-state index is 11.7. The maximum atomic E-state index is 11.7. The average Bonchev–Trinajstić information content (AvgIpc) is 2.25. The summed E-state index contributed by atoms with van der Waals surface area (Å²) in [5.41, 5.74) is 2.36. The number of rotatable bonds is 2. The zero-order valence-electron chi connectivity index (χ0n) is 11.0. The molecule has 0 unspecified atom stereocenters. The molecule has 2 aromatic carbocycles. The molecule has 0 aliphatic heterocycles. The van der Waals surface area contributed by atoms with Crippen LogP contribution in [0.25, 0.3) is 10.8 Å². The molecule has 94 valence electrons. The third kappa shape index (κ3) is 1.82. The van der Waals surface area contributed by atoms with Gasteiger partial charge in [0.25, 0.3) is 0 Å². The van der Waals surface area contributed by atoms with Crippen LogP contribution in [0, 0.1) is 13.8 Å². The van der Waals surface area contributed by atoms with Gasteiger partial charge in [-0.25, -0.2) is 0 Å². The number of ketones is 1. The summed E-state index contributed by atoms with van der Waals surface area (Å²) in [4.78, 5) is 11.7. The zero-order valence-corrected chi connectivity index (χ0v) is 11.0. The summed E-state index contributed by atoms with van der Waals surface area (Å²) in [7, 11) is 1.51. The van der Waals surface area contributed by atoms with Crippen molar-refractivity contribution in [1.29, 1.82) is 0 Å². The number of methoxy groups -OCH3 is 1. The van der Waals surface area contributed by atoms with Crippen molar-refractivity contribution in [3.05, 3.63) is 34.9 Å². The highest BCUT2D eigenvalue weighted by atomic mass is 16.5. The van der Waals surface area contributed by atoms with Gasteiger partial charge in [0.1, 0.15) is 11.5 Å². The van der Waals surface area contributed by atoms with E-state index in [0.717, 1.165) is 16.5 Å². The summed E-state index contributed by atoms with van der Waals surface area (Å²) >= 11 is 0. The van der Waals surface area contributed by atoms with Gasteiger partial charge in [-0.2, -0.15) is 0 Å².